The number of rotatable bonds is 7. The van der Waals surface area contributed by atoms with Crippen molar-refractivity contribution in [1.82, 2.24) is 14.7 Å². The first-order valence-corrected chi connectivity index (χ1v) is 7.31. The van der Waals surface area contributed by atoms with E-state index >= 15 is 0 Å². The van der Waals surface area contributed by atoms with Crippen molar-refractivity contribution in [2.45, 2.75) is 20.4 Å². The summed E-state index contributed by atoms with van der Waals surface area (Å²) in [6.07, 6.45) is 4.80. The zero-order chi connectivity index (χ0) is 15.2. The van der Waals surface area contributed by atoms with Gasteiger partial charge in [0, 0.05) is 12.7 Å². The van der Waals surface area contributed by atoms with Crippen molar-refractivity contribution in [3.63, 3.8) is 0 Å². The Balaban J connectivity index is 1.91. The largest absolute Gasteiger partial charge is 0.452 e. The number of nitrogens with zero attached hydrogens (tertiary/aromatic N) is 3. The number of likely N-dealkylation sites (N-methyl/N-ethyl adjacent to an activating group) is 1. The Morgan fingerprint density at radius 2 is 2.24 bits per heavy atom. The molecule has 6 nitrogen and oxygen atoms in total. The average molecular weight is 311 g/mol. The molecule has 1 N–H and O–H groups in total. The topological polar surface area (TPSA) is 63.3 Å². The highest BCUT2D eigenvalue weighted by molar-refractivity contribution is 6.32. The number of halogens is 1. The van der Waals surface area contributed by atoms with Gasteiger partial charge in [0.2, 0.25) is 5.22 Å². The van der Waals surface area contributed by atoms with E-state index in [1.807, 2.05) is 4.68 Å². The molecular weight excluding hydrogens is 292 g/mol. The zero-order valence-corrected chi connectivity index (χ0v) is 12.9. The minimum atomic E-state index is -0.308. The van der Waals surface area contributed by atoms with Crippen LogP contribution < -0.4 is 5.32 Å². The normalized spacial score (nSPS) is 11.0. The third-order valence-electron chi connectivity index (χ3n) is 3.29. The highest BCUT2D eigenvalue weighted by Crippen LogP contribution is 2.18. The Bertz CT molecular complexity index is 589. The van der Waals surface area contributed by atoms with E-state index in [1.165, 1.54) is 12.3 Å². The summed E-state index contributed by atoms with van der Waals surface area (Å²) >= 11 is 5.77. The number of nitrogens with one attached hydrogen (secondary N) is 1. The second kappa shape index (κ2) is 7.28. The fourth-order valence-electron chi connectivity index (χ4n) is 1.99. The molecule has 0 bridgehead atoms. The first-order valence-electron chi connectivity index (χ1n) is 6.93. The molecule has 0 aliphatic heterocycles. The van der Waals surface area contributed by atoms with Crippen molar-refractivity contribution in [1.29, 1.82) is 0 Å². The standard InChI is InChI=1S/C14H19ClN4O2/c1-3-18(4-2)6-7-19-10-11(9-16-19)17-14(20)12-5-8-21-13(12)15/h5,8-10H,3-4,6-7H2,1-2H3,(H,17,20). The smallest absolute Gasteiger partial charge is 0.260 e. The van der Waals surface area contributed by atoms with Crippen LogP contribution in [0.2, 0.25) is 5.22 Å². The lowest BCUT2D eigenvalue weighted by atomic mass is 10.3. The number of hydrogen-bond donors (Lipinski definition) is 1. The van der Waals surface area contributed by atoms with Gasteiger partial charge in [-0.25, -0.2) is 0 Å². The monoisotopic (exact) mass is 310 g/mol. The Morgan fingerprint density at radius 3 is 2.86 bits per heavy atom. The second-order valence-corrected chi connectivity index (χ2v) is 4.92. The van der Waals surface area contributed by atoms with E-state index in [9.17, 15) is 4.79 Å². The van der Waals surface area contributed by atoms with E-state index in [-0.39, 0.29) is 11.1 Å². The van der Waals surface area contributed by atoms with E-state index in [0.29, 0.717) is 11.3 Å². The summed E-state index contributed by atoms with van der Waals surface area (Å²) < 4.78 is 6.71. The summed E-state index contributed by atoms with van der Waals surface area (Å²) in [5.41, 5.74) is 0.948. The zero-order valence-electron chi connectivity index (χ0n) is 12.2. The van der Waals surface area contributed by atoms with Gasteiger partial charge < -0.3 is 14.6 Å². The van der Waals surface area contributed by atoms with Gasteiger partial charge in [0.1, 0.15) is 0 Å². The van der Waals surface area contributed by atoms with Crippen LogP contribution in [0, 0.1) is 0 Å². The maximum atomic E-state index is 12.0. The maximum Gasteiger partial charge on any atom is 0.260 e. The molecule has 0 radical (unpaired) electrons. The van der Waals surface area contributed by atoms with Gasteiger partial charge in [-0.1, -0.05) is 13.8 Å². The molecule has 2 aromatic rings. The van der Waals surface area contributed by atoms with Crippen molar-refractivity contribution in [3.05, 3.63) is 35.5 Å². The van der Waals surface area contributed by atoms with Crippen LogP contribution in [0.4, 0.5) is 5.69 Å². The summed E-state index contributed by atoms with van der Waals surface area (Å²) in [6.45, 7) is 8.00. The molecule has 0 spiro atoms. The fourth-order valence-corrected chi connectivity index (χ4v) is 2.19. The molecule has 2 heterocycles. The molecule has 0 aliphatic carbocycles. The maximum absolute atomic E-state index is 12.0. The molecule has 0 saturated carbocycles. The molecule has 0 saturated heterocycles. The SMILES string of the molecule is CCN(CC)CCn1cc(NC(=O)c2ccoc2Cl)cn1. The molecule has 0 fully saturated rings. The molecule has 0 unspecified atom stereocenters. The second-order valence-electron chi connectivity index (χ2n) is 4.58. The van der Waals surface area contributed by atoms with Crippen molar-refractivity contribution in [2.24, 2.45) is 0 Å². The fraction of sp³-hybridized carbons (Fsp3) is 0.429. The van der Waals surface area contributed by atoms with Crippen LogP contribution in [-0.4, -0.2) is 40.2 Å². The quantitative estimate of drug-likeness (QED) is 0.854. The van der Waals surface area contributed by atoms with Crippen LogP contribution >= 0.6 is 11.6 Å². The van der Waals surface area contributed by atoms with Gasteiger partial charge in [-0.2, -0.15) is 5.10 Å². The van der Waals surface area contributed by atoms with Crippen LogP contribution in [0.3, 0.4) is 0 Å². The molecular formula is C14H19ClN4O2. The van der Waals surface area contributed by atoms with Gasteiger partial charge in [-0.15, -0.1) is 0 Å². The Kier molecular flexibility index (Phi) is 5.41. The molecule has 0 aliphatic rings. The summed E-state index contributed by atoms with van der Waals surface area (Å²) in [4.78, 5) is 14.3. The third-order valence-corrected chi connectivity index (χ3v) is 3.59. The third kappa shape index (κ3) is 4.09. The Morgan fingerprint density at radius 1 is 1.48 bits per heavy atom. The lowest BCUT2D eigenvalue weighted by Crippen LogP contribution is -2.27. The minimum Gasteiger partial charge on any atom is -0.452 e. The molecule has 2 aromatic heterocycles. The first kappa shape index (κ1) is 15.6. The summed E-state index contributed by atoms with van der Waals surface area (Å²) in [6, 6.07) is 1.53. The summed E-state index contributed by atoms with van der Waals surface area (Å²) in [5, 5.41) is 7.06. The Hall–Kier alpha value is -1.79. The minimum absolute atomic E-state index is 0.0847. The lowest BCUT2D eigenvalue weighted by Gasteiger charge is -2.17. The average Bonchev–Trinajstić information content (AvgIpc) is 3.09. The highest BCUT2D eigenvalue weighted by Gasteiger charge is 2.13. The molecule has 0 atom stereocenters. The number of anilines is 1. The van der Waals surface area contributed by atoms with E-state index in [0.717, 1.165) is 26.2 Å². The highest BCUT2D eigenvalue weighted by atomic mass is 35.5. The van der Waals surface area contributed by atoms with Gasteiger partial charge in [-0.05, 0) is 30.8 Å². The van der Waals surface area contributed by atoms with E-state index in [2.05, 4.69) is 29.2 Å². The number of amides is 1. The number of carbonyl (C=O) groups is 1. The molecule has 114 valence electrons. The van der Waals surface area contributed by atoms with E-state index in [4.69, 9.17) is 16.0 Å². The Labute approximate surface area is 128 Å². The van der Waals surface area contributed by atoms with E-state index in [1.54, 1.807) is 12.4 Å². The molecule has 2 rings (SSSR count). The van der Waals surface area contributed by atoms with Gasteiger partial charge in [0.25, 0.3) is 5.91 Å². The number of hydrogen-bond acceptors (Lipinski definition) is 4. The summed E-state index contributed by atoms with van der Waals surface area (Å²) in [7, 11) is 0. The van der Waals surface area contributed by atoms with Gasteiger partial charge in [-0.3, -0.25) is 9.48 Å². The molecule has 21 heavy (non-hydrogen) atoms. The molecule has 0 aromatic carbocycles. The van der Waals surface area contributed by atoms with Crippen molar-refractivity contribution in [2.75, 3.05) is 25.0 Å². The molecule has 1 amide bonds. The van der Waals surface area contributed by atoms with Crippen LogP contribution in [0.15, 0.2) is 29.1 Å². The van der Waals surface area contributed by atoms with Gasteiger partial charge >= 0.3 is 0 Å². The van der Waals surface area contributed by atoms with Gasteiger partial charge in [0.15, 0.2) is 0 Å². The number of furan rings is 1. The van der Waals surface area contributed by atoms with Crippen molar-refractivity contribution >= 4 is 23.2 Å². The van der Waals surface area contributed by atoms with E-state index < -0.39 is 0 Å². The van der Waals surface area contributed by atoms with Crippen molar-refractivity contribution < 1.29 is 9.21 Å². The van der Waals surface area contributed by atoms with Crippen LogP contribution in [0.25, 0.3) is 0 Å². The predicted octanol–water partition coefficient (Wildman–Crippen LogP) is 2.72. The van der Waals surface area contributed by atoms with Crippen LogP contribution in [-0.2, 0) is 6.54 Å². The predicted molar refractivity (Wildman–Crippen MR) is 81.7 cm³/mol. The number of carbonyl (C=O) groups excluding carboxylic acids is 1. The van der Waals surface area contributed by atoms with Crippen LogP contribution in [0.1, 0.15) is 24.2 Å². The first-order chi connectivity index (χ1) is 10.1. The van der Waals surface area contributed by atoms with Crippen molar-refractivity contribution in [3.8, 4) is 0 Å². The molecule has 7 heteroatoms. The van der Waals surface area contributed by atoms with Crippen LogP contribution in [0.5, 0.6) is 0 Å². The lowest BCUT2D eigenvalue weighted by molar-refractivity contribution is 0.102. The number of aromatic nitrogens is 2. The summed E-state index contributed by atoms with van der Waals surface area (Å²) in [5.74, 6) is -0.308. The van der Waals surface area contributed by atoms with Gasteiger partial charge in [0.05, 0.1) is 30.3 Å².